The Bertz CT molecular complexity index is 813. The van der Waals surface area contributed by atoms with Crippen LogP contribution in [0.3, 0.4) is 0 Å². The van der Waals surface area contributed by atoms with Gasteiger partial charge >= 0.3 is 5.97 Å². The lowest BCUT2D eigenvalue weighted by Crippen LogP contribution is -2.19. The first-order chi connectivity index (χ1) is 12.4. The van der Waals surface area contributed by atoms with Crippen LogP contribution in [0, 0.1) is 17.0 Å². The molecule has 0 aliphatic rings. The van der Waals surface area contributed by atoms with E-state index in [1.165, 1.54) is 18.2 Å². The van der Waals surface area contributed by atoms with Gasteiger partial charge in [0.1, 0.15) is 5.75 Å². The quantitative estimate of drug-likeness (QED) is 0.311. The van der Waals surface area contributed by atoms with Gasteiger partial charge in [0.25, 0.3) is 5.69 Å². The van der Waals surface area contributed by atoms with Crippen molar-refractivity contribution in [2.45, 2.75) is 20.3 Å². The summed E-state index contributed by atoms with van der Waals surface area (Å²) >= 11 is 0. The van der Waals surface area contributed by atoms with Gasteiger partial charge in [-0.15, -0.1) is 0 Å². The highest BCUT2D eigenvalue weighted by Gasteiger charge is 2.16. The van der Waals surface area contributed by atoms with Gasteiger partial charge in [-0.25, -0.2) is 4.79 Å². The molecule has 7 heteroatoms. The molecule has 0 bridgehead atoms. The second-order valence-electron chi connectivity index (χ2n) is 5.63. The average molecular weight is 357 g/mol. The molecular formula is C19H19NO6. The number of ether oxygens (including phenoxy) is 2. The highest BCUT2D eigenvalue weighted by Crippen LogP contribution is 2.19. The molecule has 0 aromatic heterocycles. The zero-order valence-corrected chi connectivity index (χ0v) is 14.6. The van der Waals surface area contributed by atoms with Crippen molar-refractivity contribution < 1.29 is 24.0 Å². The van der Waals surface area contributed by atoms with E-state index in [1.54, 1.807) is 19.1 Å². The maximum atomic E-state index is 12.0. The van der Waals surface area contributed by atoms with E-state index in [0.29, 0.717) is 11.3 Å². The van der Waals surface area contributed by atoms with Gasteiger partial charge in [-0.05, 0) is 31.0 Å². The number of nitrogens with zero attached hydrogens (tertiary/aromatic N) is 1. The molecule has 136 valence electrons. The lowest BCUT2D eigenvalue weighted by molar-refractivity contribution is -0.385. The molecule has 0 saturated carbocycles. The summed E-state index contributed by atoms with van der Waals surface area (Å²) in [6, 6.07) is 11.4. The summed E-state index contributed by atoms with van der Waals surface area (Å²) in [5.74, 6) is -0.687. The van der Waals surface area contributed by atoms with Crippen LogP contribution in [0.25, 0.3) is 0 Å². The lowest BCUT2D eigenvalue weighted by Gasteiger charge is -2.07. The molecule has 0 amide bonds. The third-order valence-electron chi connectivity index (χ3n) is 3.78. The van der Waals surface area contributed by atoms with E-state index < -0.39 is 23.3 Å². The van der Waals surface area contributed by atoms with E-state index in [4.69, 9.17) is 9.47 Å². The van der Waals surface area contributed by atoms with E-state index in [0.717, 1.165) is 12.0 Å². The number of ketones is 1. The minimum absolute atomic E-state index is 0.117. The normalized spacial score (nSPS) is 10.2. The fraction of sp³-hybridized carbons (Fsp3) is 0.263. The minimum atomic E-state index is -0.695. The molecule has 2 aromatic rings. The average Bonchev–Trinajstić information content (AvgIpc) is 2.64. The molecule has 0 heterocycles. The number of nitro benzene ring substituents is 1. The fourth-order valence-electron chi connectivity index (χ4n) is 2.21. The highest BCUT2D eigenvalue weighted by molar-refractivity contribution is 5.98. The number of rotatable bonds is 8. The zero-order chi connectivity index (χ0) is 19.1. The number of hydrogen-bond acceptors (Lipinski definition) is 6. The Morgan fingerprint density at radius 1 is 1.08 bits per heavy atom. The first-order valence-electron chi connectivity index (χ1n) is 8.06. The van der Waals surface area contributed by atoms with Crippen molar-refractivity contribution in [2.75, 3.05) is 13.2 Å². The van der Waals surface area contributed by atoms with Gasteiger partial charge in [0, 0.05) is 17.2 Å². The molecule has 0 fully saturated rings. The molecule has 0 N–H and O–H groups in total. The molecule has 0 unspecified atom stereocenters. The Morgan fingerprint density at radius 2 is 1.77 bits per heavy atom. The third-order valence-corrected chi connectivity index (χ3v) is 3.78. The zero-order valence-electron chi connectivity index (χ0n) is 14.6. The summed E-state index contributed by atoms with van der Waals surface area (Å²) in [5, 5.41) is 10.9. The topological polar surface area (TPSA) is 95.7 Å². The van der Waals surface area contributed by atoms with Gasteiger partial charge in [-0.1, -0.05) is 31.2 Å². The smallest absolute Gasteiger partial charge is 0.344 e. The van der Waals surface area contributed by atoms with Crippen LogP contribution < -0.4 is 4.74 Å². The van der Waals surface area contributed by atoms with E-state index in [2.05, 4.69) is 0 Å². The van der Waals surface area contributed by atoms with E-state index in [-0.39, 0.29) is 17.9 Å². The molecule has 7 nitrogen and oxygen atoms in total. The Balaban J connectivity index is 1.85. The number of nitro groups is 1. The van der Waals surface area contributed by atoms with Gasteiger partial charge in [0.15, 0.2) is 13.2 Å². The number of Topliss-reactive ketones (excluding diaryl/α,β-unsaturated/α-hetero) is 1. The molecule has 0 aliphatic carbocycles. The van der Waals surface area contributed by atoms with Crippen LogP contribution >= 0.6 is 0 Å². The van der Waals surface area contributed by atoms with Crippen LogP contribution in [0.4, 0.5) is 5.69 Å². The Hall–Kier alpha value is -3.22. The Kier molecular flexibility index (Phi) is 6.43. The third kappa shape index (κ3) is 5.14. The molecule has 0 atom stereocenters. The first kappa shape index (κ1) is 19.1. The molecule has 0 spiro atoms. The largest absolute Gasteiger partial charge is 0.482 e. The van der Waals surface area contributed by atoms with Gasteiger partial charge in [-0.2, -0.15) is 0 Å². The SMILES string of the molecule is CCc1ccc(OCC(=O)OCC(=O)c2ccc(C)c([N+](=O)[O-])c2)cc1. The molecule has 0 radical (unpaired) electrons. The van der Waals surface area contributed by atoms with Crippen molar-refractivity contribution in [3.05, 3.63) is 69.3 Å². The van der Waals surface area contributed by atoms with Crippen LogP contribution in [0.2, 0.25) is 0 Å². The van der Waals surface area contributed by atoms with Crippen molar-refractivity contribution in [1.29, 1.82) is 0 Å². The second-order valence-corrected chi connectivity index (χ2v) is 5.63. The van der Waals surface area contributed by atoms with Crippen molar-refractivity contribution >= 4 is 17.4 Å². The highest BCUT2D eigenvalue weighted by atomic mass is 16.6. The summed E-state index contributed by atoms with van der Waals surface area (Å²) in [6.45, 7) is 2.79. The number of hydrogen-bond donors (Lipinski definition) is 0. The van der Waals surface area contributed by atoms with Crippen molar-refractivity contribution in [1.82, 2.24) is 0 Å². The summed E-state index contributed by atoms with van der Waals surface area (Å²) in [7, 11) is 0. The standard InChI is InChI=1S/C19H19NO6/c1-3-14-5-8-16(9-6-14)25-12-19(22)26-11-18(21)15-7-4-13(2)17(10-15)20(23)24/h4-10H,3,11-12H2,1-2H3. The predicted molar refractivity (Wildman–Crippen MR) is 94.4 cm³/mol. The molecular weight excluding hydrogens is 338 g/mol. The number of carbonyl (C=O) groups excluding carboxylic acids is 2. The predicted octanol–water partition coefficient (Wildman–Crippen LogP) is 3.27. The summed E-state index contributed by atoms with van der Waals surface area (Å²) in [5.41, 5.74) is 1.57. The second kappa shape index (κ2) is 8.75. The number of aryl methyl sites for hydroxylation is 2. The van der Waals surface area contributed by atoms with Gasteiger partial charge in [-0.3, -0.25) is 14.9 Å². The summed E-state index contributed by atoms with van der Waals surface area (Å²) in [4.78, 5) is 34.1. The monoisotopic (exact) mass is 357 g/mol. The molecule has 2 aromatic carbocycles. The molecule has 2 rings (SSSR count). The van der Waals surface area contributed by atoms with E-state index >= 15 is 0 Å². The first-order valence-corrected chi connectivity index (χ1v) is 8.06. The van der Waals surface area contributed by atoms with Crippen LogP contribution in [0.1, 0.15) is 28.4 Å². The maximum Gasteiger partial charge on any atom is 0.344 e. The molecule has 26 heavy (non-hydrogen) atoms. The van der Waals surface area contributed by atoms with Crippen molar-refractivity contribution in [2.24, 2.45) is 0 Å². The maximum absolute atomic E-state index is 12.0. The van der Waals surface area contributed by atoms with Crippen molar-refractivity contribution in [3.8, 4) is 5.75 Å². The Labute approximate surface area is 150 Å². The summed E-state index contributed by atoms with van der Waals surface area (Å²) in [6.07, 6.45) is 0.904. The van der Waals surface area contributed by atoms with Crippen LogP contribution in [0.5, 0.6) is 5.75 Å². The number of benzene rings is 2. The van der Waals surface area contributed by atoms with Crippen LogP contribution in [0.15, 0.2) is 42.5 Å². The van der Waals surface area contributed by atoms with E-state index in [1.807, 2.05) is 19.1 Å². The summed E-state index contributed by atoms with van der Waals surface area (Å²) < 4.78 is 10.2. The van der Waals surface area contributed by atoms with Gasteiger partial charge < -0.3 is 9.47 Å². The van der Waals surface area contributed by atoms with Crippen LogP contribution in [-0.4, -0.2) is 29.9 Å². The lowest BCUT2D eigenvalue weighted by atomic mass is 10.1. The van der Waals surface area contributed by atoms with Crippen molar-refractivity contribution in [3.63, 3.8) is 0 Å². The Morgan fingerprint density at radius 3 is 2.38 bits per heavy atom. The minimum Gasteiger partial charge on any atom is -0.482 e. The number of carbonyl (C=O) groups is 2. The molecule has 0 aliphatic heterocycles. The van der Waals surface area contributed by atoms with Gasteiger partial charge in [0.05, 0.1) is 4.92 Å². The number of esters is 1. The van der Waals surface area contributed by atoms with Gasteiger partial charge in [0.2, 0.25) is 5.78 Å². The van der Waals surface area contributed by atoms with Crippen LogP contribution in [-0.2, 0) is 16.0 Å². The fourth-order valence-corrected chi connectivity index (χ4v) is 2.21. The molecule has 0 saturated heterocycles. The van der Waals surface area contributed by atoms with E-state index in [9.17, 15) is 19.7 Å².